The average Bonchev–Trinajstić information content (AvgIpc) is 2.63. The minimum absolute atomic E-state index is 0.581. The van der Waals surface area contributed by atoms with Crippen LogP contribution in [0.5, 0.6) is 0 Å². The number of nitrogens with one attached hydrogen (secondary N) is 2. The van der Waals surface area contributed by atoms with E-state index in [0.717, 1.165) is 76.1 Å². The first kappa shape index (κ1) is 19.7. The maximum atomic E-state index is 5.79. The molecule has 1 aliphatic rings. The fraction of sp³-hybridized carbons (Fsp3) is 0.684. The third kappa shape index (κ3) is 8.31. The van der Waals surface area contributed by atoms with Gasteiger partial charge in [0.05, 0.1) is 12.2 Å². The second-order valence-electron chi connectivity index (χ2n) is 6.38. The molecular formula is C19H32N4O2. The molecule has 1 saturated heterocycles. The highest BCUT2D eigenvalue weighted by Crippen LogP contribution is 2.14. The first-order valence-electron chi connectivity index (χ1n) is 9.38. The summed E-state index contributed by atoms with van der Waals surface area (Å²) >= 11 is 0. The molecule has 0 aromatic carbocycles. The van der Waals surface area contributed by atoms with Crippen LogP contribution in [0.4, 0.5) is 0 Å². The van der Waals surface area contributed by atoms with Gasteiger partial charge in [0.15, 0.2) is 5.96 Å². The van der Waals surface area contributed by atoms with Crippen LogP contribution < -0.4 is 10.6 Å². The molecule has 0 spiro atoms. The van der Waals surface area contributed by atoms with Gasteiger partial charge in [-0.15, -0.1) is 0 Å². The molecule has 6 nitrogen and oxygen atoms in total. The topological polar surface area (TPSA) is 67.8 Å². The van der Waals surface area contributed by atoms with Gasteiger partial charge in [0.25, 0.3) is 0 Å². The van der Waals surface area contributed by atoms with E-state index in [2.05, 4.69) is 27.5 Å². The summed E-state index contributed by atoms with van der Waals surface area (Å²) in [5.41, 5.74) is 2.00. The molecule has 6 heteroatoms. The number of aryl methyl sites for hydroxylation is 1. The van der Waals surface area contributed by atoms with Crippen molar-refractivity contribution in [1.82, 2.24) is 15.6 Å². The number of ether oxygens (including phenoxy) is 2. The number of guanidine groups is 1. The lowest BCUT2D eigenvalue weighted by Gasteiger charge is -2.21. The maximum Gasteiger partial charge on any atom is 0.191 e. The van der Waals surface area contributed by atoms with Crippen molar-refractivity contribution in [3.8, 4) is 0 Å². The van der Waals surface area contributed by atoms with Crippen LogP contribution in [0.2, 0.25) is 0 Å². The number of hydrogen-bond donors (Lipinski definition) is 2. The minimum atomic E-state index is 0.581. The van der Waals surface area contributed by atoms with Gasteiger partial charge >= 0.3 is 0 Å². The molecule has 140 valence electrons. The smallest absolute Gasteiger partial charge is 0.191 e. The van der Waals surface area contributed by atoms with E-state index in [1.165, 1.54) is 0 Å². The molecule has 1 aromatic heterocycles. The molecule has 25 heavy (non-hydrogen) atoms. The zero-order valence-electron chi connectivity index (χ0n) is 15.6. The summed E-state index contributed by atoms with van der Waals surface area (Å²) in [5, 5.41) is 6.62. The molecule has 0 aliphatic carbocycles. The molecule has 1 fully saturated rings. The quantitative estimate of drug-likeness (QED) is 0.407. The number of hydrogen-bond acceptors (Lipinski definition) is 4. The molecule has 2 rings (SSSR count). The summed E-state index contributed by atoms with van der Waals surface area (Å²) in [5.74, 6) is 1.50. The Morgan fingerprint density at radius 2 is 2.16 bits per heavy atom. The highest BCUT2D eigenvalue weighted by molar-refractivity contribution is 5.79. The van der Waals surface area contributed by atoms with E-state index in [1.54, 1.807) is 0 Å². The highest BCUT2D eigenvalue weighted by Gasteiger charge is 2.13. The summed E-state index contributed by atoms with van der Waals surface area (Å²) in [6, 6.07) is 6.02. The van der Waals surface area contributed by atoms with Crippen molar-refractivity contribution < 1.29 is 9.47 Å². The first-order chi connectivity index (χ1) is 12.3. The normalized spacial score (nSPS) is 16.0. The van der Waals surface area contributed by atoms with Gasteiger partial charge in [-0.05, 0) is 51.2 Å². The van der Waals surface area contributed by atoms with E-state index in [0.29, 0.717) is 12.5 Å². The molecule has 0 atom stereocenters. The molecule has 2 heterocycles. The van der Waals surface area contributed by atoms with Crippen LogP contribution in [-0.4, -0.2) is 50.5 Å². The van der Waals surface area contributed by atoms with E-state index in [1.807, 2.05) is 25.1 Å². The van der Waals surface area contributed by atoms with Crippen molar-refractivity contribution in [3.63, 3.8) is 0 Å². The van der Waals surface area contributed by atoms with Gasteiger partial charge in [-0.2, -0.15) is 0 Å². The third-order valence-electron chi connectivity index (χ3n) is 4.14. The van der Waals surface area contributed by atoms with Crippen LogP contribution in [-0.2, 0) is 16.0 Å². The van der Waals surface area contributed by atoms with E-state index >= 15 is 0 Å². The van der Waals surface area contributed by atoms with E-state index < -0.39 is 0 Å². The van der Waals surface area contributed by atoms with E-state index in [9.17, 15) is 0 Å². The number of rotatable bonds is 9. The zero-order chi connectivity index (χ0) is 17.7. The average molecular weight is 348 g/mol. The largest absolute Gasteiger partial charge is 0.381 e. The summed E-state index contributed by atoms with van der Waals surface area (Å²) in [4.78, 5) is 9.07. The van der Waals surface area contributed by atoms with E-state index in [-0.39, 0.29) is 0 Å². The van der Waals surface area contributed by atoms with Gasteiger partial charge in [0, 0.05) is 45.2 Å². The summed E-state index contributed by atoms with van der Waals surface area (Å²) < 4.78 is 11.2. The Balaban J connectivity index is 1.62. The minimum Gasteiger partial charge on any atom is -0.381 e. The van der Waals surface area contributed by atoms with Crippen LogP contribution in [0.3, 0.4) is 0 Å². The van der Waals surface area contributed by atoms with Crippen molar-refractivity contribution in [2.45, 2.75) is 39.7 Å². The molecule has 0 unspecified atom stereocenters. The lowest BCUT2D eigenvalue weighted by molar-refractivity contribution is 0.0203. The highest BCUT2D eigenvalue weighted by atomic mass is 16.5. The summed E-state index contributed by atoms with van der Waals surface area (Å²) in [6.07, 6.45) is 3.22. The van der Waals surface area contributed by atoms with Gasteiger partial charge in [-0.25, -0.2) is 4.99 Å². The van der Waals surface area contributed by atoms with Crippen LogP contribution in [0.25, 0.3) is 0 Å². The van der Waals surface area contributed by atoms with Gasteiger partial charge in [-0.3, -0.25) is 4.98 Å². The van der Waals surface area contributed by atoms with Gasteiger partial charge in [0.1, 0.15) is 0 Å². The molecule has 0 amide bonds. The number of aromatic nitrogens is 1. The SMILES string of the molecule is CCNC(=NCc1cccc(C)n1)NCCCOCC1CCOCC1. The number of pyridine rings is 1. The molecule has 1 aliphatic heterocycles. The number of aliphatic imine (C=N–C) groups is 1. The summed E-state index contributed by atoms with van der Waals surface area (Å²) in [7, 11) is 0. The molecule has 1 aromatic rings. The van der Waals surface area contributed by atoms with Gasteiger partial charge in [-0.1, -0.05) is 6.07 Å². The number of nitrogens with zero attached hydrogens (tertiary/aromatic N) is 2. The Hall–Kier alpha value is -1.66. The fourth-order valence-corrected chi connectivity index (χ4v) is 2.73. The van der Waals surface area contributed by atoms with Crippen molar-refractivity contribution in [1.29, 1.82) is 0 Å². The van der Waals surface area contributed by atoms with Crippen molar-refractivity contribution in [2.24, 2.45) is 10.9 Å². The predicted octanol–water partition coefficient (Wildman–Crippen LogP) is 2.28. The summed E-state index contributed by atoms with van der Waals surface area (Å²) in [6.45, 7) is 9.74. The van der Waals surface area contributed by atoms with Gasteiger partial charge in [0.2, 0.25) is 0 Å². The van der Waals surface area contributed by atoms with Crippen molar-refractivity contribution >= 4 is 5.96 Å². The van der Waals surface area contributed by atoms with Crippen LogP contribution in [0.15, 0.2) is 23.2 Å². The van der Waals surface area contributed by atoms with Crippen molar-refractivity contribution in [2.75, 3.05) is 39.5 Å². The molecule has 2 N–H and O–H groups in total. The Bertz CT molecular complexity index is 516. The predicted molar refractivity (Wildman–Crippen MR) is 101 cm³/mol. The Labute approximate surface area is 151 Å². The molecule has 0 saturated carbocycles. The second-order valence-corrected chi connectivity index (χ2v) is 6.38. The molecule has 0 radical (unpaired) electrons. The Kier molecular flexibility index (Phi) is 9.29. The van der Waals surface area contributed by atoms with Crippen LogP contribution in [0.1, 0.15) is 37.6 Å². The zero-order valence-corrected chi connectivity index (χ0v) is 15.6. The first-order valence-corrected chi connectivity index (χ1v) is 9.38. The fourth-order valence-electron chi connectivity index (χ4n) is 2.73. The van der Waals surface area contributed by atoms with Gasteiger partial charge < -0.3 is 20.1 Å². The lowest BCUT2D eigenvalue weighted by atomic mass is 10.0. The monoisotopic (exact) mass is 348 g/mol. The Morgan fingerprint density at radius 3 is 2.92 bits per heavy atom. The lowest BCUT2D eigenvalue weighted by Crippen LogP contribution is -2.38. The third-order valence-corrected chi connectivity index (χ3v) is 4.14. The molecule has 0 bridgehead atoms. The second kappa shape index (κ2) is 11.8. The van der Waals surface area contributed by atoms with Crippen molar-refractivity contribution in [3.05, 3.63) is 29.6 Å². The molecular weight excluding hydrogens is 316 g/mol. The standard InChI is InChI=1S/C19H32N4O2/c1-3-20-19(22-14-18-7-4-6-16(2)23-18)21-10-5-11-25-15-17-8-12-24-13-9-17/h4,6-7,17H,3,5,8-15H2,1-2H3,(H2,20,21,22). The Morgan fingerprint density at radius 1 is 1.32 bits per heavy atom. The van der Waals surface area contributed by atoms with Crippen LogP contribution in [0, 0.1) is 12.8 Å². The van der Waals surface area contributed by atoms with Crippen LogP contribution >= 0.6 is 0 Å². The van der Waals surface area contributed by atoms with E-state index in [4.69, 9.17) is 9.47 Å². The maximum absolute atomic E-state index is 5.79.